The lowest BCUT2D eigenvalue weighted by atomic mass is 10.2. The summed E-state index contributed by atoms with van der Waals surface area (Å²) in [6, 6.07) is 14.4. The lowest BCUT2D eigenvalue weighted by Crippen LogP contribution is -3.09. The van der Waals surface area contributed by atoms with Crippen molar-refractivity contribution in [3.8, 4) is 10.7 Å². The first-order valence-corrected chi connectivity index (χ1v) is 10.6. The summed E-state index contributed by atoms with van der Waals surface area (Å²) < 4.78 is 4.55. The zero-order chi connectivity index (χ0) is 20.1. The highest BCUT2D eigenvalue weighted by Gasteiger charge is 2.17. The van der Waals surface area contributed by atoms with E-state index in [9.17, 15) is 4.79 Å². The third-order valence-corrected chi connectivity index (χ3v) is 5.48. The van der Waals surface area contributed by atoms with Crippen molar-refractivity contribution in [1.29, 1.82) is 0 Å². The Bertz CT molecular complexity index is 960. The summed E-state index contributed by atoms with van der Waals surface area (Å²) in [6.45, 7) is 5.49. The number of benzene rings is 1. The van der Waals surface area contributed by atoms with Crippen LogP contribution in [0.15, 0.2) is 47.8 Å². The van der Waals surface area contributed by atoms with Gasteiger partial charge in [-0.25, -0.2) is 0 Å². The Morgan fingerprint density at radius 1 is 1.25 bits per heavy atom. The van der Waals surface area contributed by atoms with Crippen molar-refractivity contribution >= 4 is 29.5 Å². The molecular weight excluding hydrogens is 390 g/mol. The molecule has 1 unspecified atom stereocenters. The van der Waals surface area contributed by atoms with Gasteiger partial charge in [0.2, 0.25) is 4.77 Å². The molecule has 0 aliphatic carbocycles. The molecule has 8 heteroatoms. The van der Waals surface area contributed by atoms with Crippen molar-refractivity contribution in [3.63, 3.8) is 0 Å². The third kappa shape index (κ3) is 5.15. The van der Waals surface area contributed by atoms with Crippen molar-refractivity contribution in [2.24, 2.45) is 0 Å². The highest BCUT2D eigenvalue weighted by atomic mass is 32.1. The molecule has 2 N–H and O–H groups in total. The van der Waals surface area contributed by atoms with Crippen LogP contribution in [0.3, 0.4) is 0 Å². The van der Waals surface area contributed by atoms with Gasteiger partial charge in [-0.1, -0.05) is 36.4 Å². The fraction of sp³-hybridized carbons (Fsp3) is 0.350. The van der Waals surface area contributed by atoms with Crippen LogP contribution in [0.5, 0.6) is 0 Å². The topological polar surface area (TPSA) is 56.3 Å². The minimum absolute atomic E-state index is 0.0289. The van der Waals surface area contributed by atoms with Crippen molar-refractivity contribution in [3.05, 3.63) is 58.2 Å². The zero-order valence-electron chi connectivity index (χ0n) is 16.4. The van der Waals surface area contributed by atoms with Crippen LogP contribution < -0.4 is 10.2 Å². The Hall–Kier alpha value is -2.29. The lowest BCUT2D eigenvalue weighted by molar-refractivity contribution is -0.895. The van der Waals surface area contributed by atoms with E-state index < -0.39 is 0 Å². The fourth-order valence-electron chi connectivity index (χ4n) is 3.00. The number of likely N-dealkylation sites (N-methyl/N-ethyl adjacent to an activating group) is 1. The number of quaternary nitrogens is 1. The van der Waals surface area contributed by atoms with E-state index >= 15 is 0 Å². The smallest absolute Gasteiger partial charge is 0.275 e. The monoisotopic (exact) mass is 416 g/mol. The molecule has 2 aromatic heterocycles. The van der Waals surface area contributed by atoms with Gasteiger partial charge in [-0.05, 0) is 43.1 Å². The van der Waals surface area contributed by atoms with Crippen LogP contribution in [0.1, 0.15) is 19.4 Å². The summed E-state index contributed by atoms with van der Waals surface area (Å²) in [5, 5.41) is 9.76. The molecule has 148 valence electrons. The summed E-state index contributed by atoms with van der Waals surface area (Å²) in [5.74, 6) is 0.893. The molecule has 1 aromatic carbocycles. The molecule has 1 atom stereocenters. The quantitative estimate of drug-likeness (QED) is 0.554. The average molecular weight is 417 g/mol. The van der Waals surface area contributed by atoms with E-state index in [-0.39, 0.29) is 11.9 Å². The van der Waals surface area contributed by atoms with E-state index in [4.69, 9.17) is 17.3 Å². The molecule has 0 aliphatic heterocycles. The first-order chi connectivity index (χ1) is 13.4. The standard InChI is InChI=1S/C20H25N5OS2/c1-15(2)21-18(26)13-23(3)14-25-20(27)24(12-16-8-5-4-6-9-16)19(22-25)17-10-7-11-28-17/h4-11,15H,12-14H2,1-3H3,(H,21,26)/p+1. The zero-order valence-corrected chi connectivity index (χ0v) is 18.0. The van der Waals surface area contributed by atoms with Crippen LogP contribution >= 0.6 is 23.6 Å². The minimum Gasteiger partial charge on any atom is -0.349 e. The summed E-state index contributed by atoms with van der Waals surface area (Å²) in [7, 11) is 1.97. The van der Waals surface area contributed by atoms with Crippen LogP contribution in [0.4, 0.5) is 0 Å². The predicted octanol–water partition coefficient (Wildman–Crippen LogP) is 2.19. The molecule has 3 aromatic rings. The van der Waals surface area contributed by atoms with Gasteiger partial charge >= 0.3 is 0 Å². The molecule has 0 spiro atoms. The molecule has 0 radical (unpaired) electrons. The number of nitrogens with one attached hydrogen (secondary N) is 2. The third-order valence-electron chi connectivity index (χ3n) is 4.18. The highest BCUT2D eigenvalue weighted by molar-refractivity contribution is 7.71. The van der Waals surface area contributed by atoms with Gasteiger partial charge in [0.25, 0.3) is 5.91 Å². The van der Waals surface area contributed by atoms with Crippen molar-refractivity contribution in [2.75, 3.05) is 13.6 Å². The molecule has 0 saturated carbocycles. The summed E-state index contributed by atoms with van der Waals surface area (Å²) in [4.78, 5) is 14.2. The van der Waals surface area contributed by atoms with Gasteiger partial charge in [0.05, 0.1) is 18.5 Å². The van der Waals surface area contributed by atoms with E-state index in [2.05, 4.69) is 28.1 Å². The number of carbonyl (C=O) groups excluding carboxylic acids is 1. The van der Waals surface area contributed by atoms with Crippen molar-refractivity contribution in [1.82, 2.24) is 19.7 Å². The van der Waals surface area contributed by atoms with Gasteiger partial charge in [-0.2, -0.15) is 4.68 Å². The lowest BCUT2D eigenvalue weighted by Gasteiger charge is -2.14. The van der Waals surface area contributed by atoms with Gasteiger partial charge in [0.1, 0.15) is 0 Å². The Balaban J connectivity index is 1.85. The minimum atomic E-state index is 0.0289. The highest BCUT2D eigenvalue weighted by Crippen LogP contribution is 2.24. The predicted molar refractivity (Wildman–Crippen MR) is 115 cm³/mol. The first kappa shape index (κ1) is 20.4. The molecule has 3 rings (SSSR count). The second-order valence-electron chi connectivity index (χ2n) is 7.17. The SMILES string of the molecule is CC(C)NC(=O)C[NH+](C)Cn1nc(-c2cccs2)n(Cc2ccccc2)c1=S. The average Bonchev–Trinajstić information content (AvgIpc) is 3.26. The second-order valence-corrected chi connectivity index (χ2v) is 8.48. The molecule has 0 saturated heterocycles. The van der Waals surface area contributed by atoms with Crippen LogP contribution in [-0.4, -0.2) is 39.9 Å². The number of thiophene rings is 1. The largest absolute Gasteiger partial charge is 0.349 e. The maximum absolute atomic E-state index is 12.0. The summed E-state index contributed by atoms with van der Waals surface area (Å²) in [6.07, 6.45) is 0. The maximum atomic E-state index is 12.0. The Kier molecular flexibility index (Phi) is 6.77. The number of nitrogens with zero attached hydrogens (tertiary/aromatic N) is 3. The fourth-order valence-corrected chi connectivity index (χ4v) is 3.97. The van der Waals surface area contributed by atoms with E-state index in [0.29, 0.717) is 24.5 Å². The van der Waals surface area contributed by atoms with E-state index in [1.54, 1.807) is 11.3 Å². The molecule has 0 fully saturated rings. The van der Waals surface area contributed by atoms with Crippen LogP contribution in [0.2, 0.25) is 0 Å². The Labute approximate surface area is 174 Å². The Morgan fingerprint density at radius 3 is 2.64 bits per heavy atom. The van der Waals surface area contributed by atoms with E-state index in [1.807, 2.05) is 55.2 Å². The van der Waals surface area contributed by atoms with Crippen LogP contribution in [0.25, 0.3) is 10.7 Å². The Morgan fingerprint density at radius 2 is 2.00 bits per heavy atom. The number of carbonyl (C=O) groups is 1. The van der Waals surface area contributed by atoms with Crippen LogP contribution in [0, 0.1) is 4.77 Å². The normalized spacial score (nSPS) is 12.3. The van der Waals surface area contributed by atoms with Gasteiger partial charge in [-0.15, -0.1) is 16.4 Å². The van der Waals surface area contributed by atoms with Crippen LogP contribution in [-0.2, 0) is 18.0 Å². The number of amides is 1. The van der Waals surface area contributed by atoms with Gasteiger partial charge in [0.15, 0.2) is 19.0 Å². The molecule has 0 aliphatic rings. The summed E-state index contributed by atoms with van der Waals surface area (Å²) in [5.41, 5.74) is 1.17. The maximum Gasteiger partial charge on any atom is 0.275 e. The number of hydrogen-bond donors (Lipinski definition) is 2. The summed E-state index contributed by atoms with van der Waals surface area (Å²) >= 11 is 7.39. The molecule has 1 amide bonds. The first-order valence-electron chi connectivity index (χ1n) is 9.30. The van der Waals surface area contributed by atoms with E-state index in [0.717, 1.165) is 15.6 Å². The number of hydrogen-bond acceptors (Lipinski definition) is 4. The van der Waals surface area contributed by atoms with Gasteiger partial charge < -0.3 is 10.2 Å². The molecule has 6 nitrogen and oxygen atoms in total. The van der Waals surface area contributed by atoms with Crippen molar-refractivity contribution < 1.29 is 9.69 Å². The van der Waals surface area contributed by atoms with Crippen molar-refractivity contribution in [2.45, 2.75) is 33.1 Å². The number of aromatic nitrogens is 3. The molecule has 2 heterocycles. The molecule has 0 bridgehead atoms. The van der Waals surface area contributed by atoms with Gasteiger partial charge in [0, 0.05) is 6.04 Å². The van der Waals surface area contributed by atoms with Gasteiger partial charge in [-0.3, -0.25) is 9.36 Å². The molecule has 28 heavy (non-hydrogen) atoms. The van der Waals surface area contributed by atoms with E-state index in [1.165, 1.54) is 5.56 Å². The second kappa shape index (κ2) is 9.27. The molecular formula is C20H26N5OS2+. The number of rotatable bonds is 8.